The fourth-order valence-electron chi connectivity index (χ4n) is 3.31. The lowest BCUT2D eigenvalue weighted by atomic mass is 10.00. The van der Waals surface area contributed by atoms with Gasteiger partial charge in [-0.2, -0.15) is 0 Å². The van der Waals surface area contributed by atoms with Crippen LogP contribution in [0.15, 0.2) is 54.6 Å². The van der Waals surface area contributed by atoms with E-state index in [0.717, 1.165) is 39.1 Å². The lowest BCUT2D eigenvalue weighted by Crippen LogP contribution is -2.38. The summed E-state index contributed by atoms with van der Waals surface area (Å²) in [5, 5.41) is 0. The molecule has 0 N–H and O–H groups in total. The zero-order valence-corrected chi connectivity index (χ0v) is 14.4. The van der Waals surface area contributed by atoms with Crippen LogP contribution < -0.4 is 0 Å². The molecule has 0 radical (unpaired) electrons. The molecular weight excluding hydrogens is 296 g/mol. The minimum absolute atomic E-state index is 0.274. The molecular formula is C21H26N2O. The monoisotopic (exact) mass is 322 g/mol. The van der Waals surface area contributed by atoms with Gasteiger partial charge in [-0.25, -0.2) is 0 Å². The normalized spacial score (nSPS) is 13.8. The number of benzene rings is 2. The number of hydrogen-bond donors (Lipinski definition) is 0. The van der Waals surface area contributed by atoms with E-state index in [-0.39, 0.29) is 5.91 Å². The highest BCUT2D eigenvalue weighted by atomic mass is 16.2. The van der Waals surface area contributed by atoms with E-state index >= 15 is 0 Å². The maximum absolute atomic E-state index is 12.6. The molecule has 0 saturated carbocycles. The van der Waals surface area contributed by atoms with E-state index < -0.39 is 0 Å². The van der Waals surface area contributed by atoms with Crippen LogP contribution in [-0.2, 0) is 24.3 Å². The predicted octanol–water partition coefficient (Wildman–Crippen LogP) is 3.48. The molecule has 3 rings (SSSR count). The Morgan fingerprint density at radius 3 is 2.50 bits per heavy atom. The predicted molar refractivity (Wildman–Crippen MR) is 97.6 cm³/mol. The van der Waals surface area contributed by atoms with Gasteiger partial charge in [0.1, 0.15) is 0 Å². The number of fused-ring (bicyclic) bond motifs is 1. The molecule has 24 heavy (non-hydrogen) atoms. The maximum atomic E-state index is 12.6. The Morgan fingerprint density at radius 1 is 1.04 bits per heavy atom. The first-order valence-electron chi connectivity index (χ1n) is 8.87. The number of carbonyl (C=O) groups is 1. The maximum Gasteiger partial charge on any atom is 0.224 e. The summed E-state index contributed by atoms with van der Waals surface area (Å²) in [6, 6.07) is 18.9. The smallest absolute Gasteiger partial charge is 0.224 e. The Kier molecular flexibility index (Phi) is 5.65. The van der Waals surface area contributed by atoms with Crippen LogP contribution in [0, 0.1) is 0 Å². The van der Waals surface area contributed by atoms with E-state index in [1.165, 1.54) is 16.7 Å². The molecule has 0 aromatic heterocycles. The van der Waals surface area contributed by atoms with Crippen LogP contribution in [0.5, 0.6) is 0 Å². The molecule has 0 fully saturated rings. The van der Waals surface area contributed by atoms with Gasteiger partial charge in [-0.3, -0.25) is 9.69 Å². The average molecular weight is 322 g/mol. The molecule has 2 aromatic rings. The van der Waals surface area contributed by atoms with Crippen molar-refractivity contribution in [2.75, 3.05) is 19.6 Å². The van der Waals surface area contributed by atoms with Gasteiger partial charge < -0.3 is 4.90 Å². The fraction of sp³-hybridized carbons (Fsp3) is 0.381. The minimum Gasteiger partial charge on any atom is -0.338 e. The van der Waals surface area contributed by atoms with Gasteiger partial charge in [-0.05, 0) is 29.7 Å². The zero-order chi connectivity index (χ0) is 16.8. The van der Waals surface area contributed by atoms with Crippen molar-refractivity contribution < 1.29 is 4.79 Å². The Labute approximate surface area is 144 Å². The van der Waals surface area contributed by atoms with Gasteiger partial charge in [0.2, 0.25) is 5.91 Å². The zero-order valence-electron chi connectivity index (χ0n) is 14.4. The summed E-state index contributed by atoms with van der Waals surface area (Å²) < 4.78 is 0. The largest absolute Gasteiger partial charge is 0.338 e. The number of hydrogen-bond acceptors (Lipinski definition) is 2. The van der Waals surface area contributed by atoms with Crippen LogP contribution >= 0.6 is 0 Å². The lowest BCUT2D eigenvalue weighted by Gasteiger charge is -2.30. The van der Waals surface area contributed by atoms with Crippen molar-refractivity contribution in [1.29, 1.82) is 0 Å². The molecule has 0 saturated heterocycles. The number of nitrogens with zero attached hydrogens (tertiary/aromatic N) is 2. The summed E-state index contributed by atoms with van der Waals surface area (Å²) in [5.74, 6) is 0.274. The van der Waals surface area contributed by atoms with E-state index in [1.54, 1.807) is 0 Å². The SMILES string of the molecule is CCN(CCC(=O)N1CCc2ccccc2C1)Cc1ccccc1. The van der Waals surface area contributed by atoms with Crippen molar-refractivity contribution in [3.63, 3.8) is 0 Å². The molecule has 3 heteroatoms. The number of carbonyl (C=O) groups excluding carboxylic acids is 1. The van der Waals surface area contributed by atoms with Gasteiger partial charge in [0, 0.05) is 32.6 Å². The first kappa shape index (κ1) is 16.7. The van der Waals surface area contributed by atoms with Gasteiger partial charge in [0.05, 0.1) is 0 Å². The number of amides is 1. The molecule has 0 spiro atoms. The Balaban J connectivity index is 1.51. The van der Waals surface area contributed by atoms with Crippen LogP contribution in [0.4, 0.5) is 0 Å². The molecule has 126 valence electrons. The van der Waals surface area contributed by atoms with Crippen molar-refractivity contribution in [2.24, 2.45) is 0 Å². The molecule has 3 nitrogen and oxygen atoms in total. The van der Waals surface area contributed by atoms with Crippen molar-refractivity contribution in [3.05, 3.63) is 71.3 Å². The molecule has 0 unspecified atom stereocenters. The molecule has 0 aliphatic carbocycles. The molecule has 1 amide bonds. The van der Waals surface area contributed by atoms with Gasteiger partial charge >= 0.3 is 0 Å². The van der Waals surface area contributed by atoms with Crippen molar-refractivity contribution >= 4 is 5.91 Å². The molecule has 1 aliphatic rings. The average Bonchev–Trinajstić information content (AvgIpc) is 2.65. The second kappa shape index (κ2) is 8.11. The summed E-state index contributed by atoms with van der Waals surface area (Å²) in [6.07, 6.45) is 1.58. The quantitative estimate of drug-likeness (QED) is 0.813. The third kappa shape index (κ3) is 4.24. The highest BCUT2D eigenvalue weighted by Gasteiger charge is 2.20. The van der Waals surface area contributed by atoms with E-state index in [4.69, 9.17) is 0 Å². The second-order valence-electron chi connectivity index (χ2n) is 6.44. The molecule has 0 bridgehead atoms. The van der Waals surface area contributed by atoms with E-state index in [0.29, 0.717) is 6.42 Å². The minimum atomic E-state index is 0.274. The highest BCUT2D eigenvalue weighted by molar-refractivity contribution is 5.76. The molecule has 2 aromatic carbocycles. The van der Waals surface area contributed by atoms with Crippen molar-refractivity contribution in [3.8, 4) is 0 Å². The fourth-order valence-corrected chi connectivity index (χ4v) is 3.31. The van der Waals surface area contributed by atoms with E-state index in [2.05, 4.69) is 60.4 Å². The highest BCUT2D eigenvalue weighted by Crippen LogP contribution is 2.19. The van der Waals surface area contributed by atoms with Crippen LogP contribution in [-0.4, -0.2) is 35.3 Å². The van der Waals surface area contributed by atoms with Crippen molar-refractivity contribution in [1.82, 2.24) is 9.80 Å². The van der Waals surface area contributed by atoms with Gasteiger partial charge in [-0.15, -0.1) is 0 Å². The van der Waals surface area contributed by atoms with Crippen molar-refractivity contribution in [2.45, 2.75) is 32.9 Å². The standard InChI is InChI=1S/C21H26N2O/c1-2-22(16-18-8-4-3-5-9-18)14-13-21(24)23-15-12-19-10-6-7-11-20(19)17-23/h3-11H,2,12-17H2,1H3. The van der Waals surface area contributed by atoms with E-state index in [1.807, 2.05) is 11.0 Å². The lowest BCUT2D eigenvalue weighted by molar-refractivity contribution is -0.132. The molecule has 1 aliphatic heterocycles. The topological polar surface area (TPSA) is 23.6 Å². The first-order valence-corrected chi connectivity index (χ1v) is 8.87. The van der Waals surface area contributed by atoms with Gasteiger partial charge in [-0.1, -0.05) is 61.5 Å². The van der Waals surface area contributed by atoms with Crippen LogP contribution in [0.25, 0.3) is 0 Å². The van der Waals surface area contributed by atoms with Crippen LogP contribution in [0.3, 0.4) is 0 Å². The summed E-state index contributed by atoms with van der Waals surface area (Å²) in [5.41, 5.74) is 3.99. The van der Waals surface area contributed by atoms with Gasteiger partial charge in [0.15, 0.2) is 0 Å². The van der Waals surface area contributed by atoms with Crippen LogP contribution in [0.2, 0.25) is 0 Å². The molecule has 0 atom stereocenters. The summed E-state index contributed by atoms with van der Waals surface area (Å²) in [6.45, 7) is 6.46. The Hall–Kier alpha value is -2.13. The van der Waals surface area contributed by atoms with Crippen LogP contribution in [0.1, 0.15) is 30.0 Å². The summed E-state index contributed by atoms with van der Waals surface area (Å²) in [7, 11) is 0. The Morgan fingerprint density at radius 2 is 1.75 bits per heavy atom. The Bertz CT molecular complexity index is 669. The second-order valence-corrected chi connectivity index (χ2v) is 6.44. The molecule has 1 heterocycles. The van der Waals surface area contributed by atoms with E-state index in [9.17, 15) is 4.79 Å². The third-order valence-electron chi connectivity index (χ3n) is 4.82. The summed E-state index contributed by atoms with van der Waals surface area (Å²) in [4.78, 5) is 16.9. The summed E-state index contributed by atoms with van der Waals surface area (Å²) >= 11 is 0. The van der Waals surface area contributed by atoms with Gasteiger partial charge in [0.25, 0.3) is 0 Å². The third-order valence-corrected chi connectivity index (χ3v) is 4.82. The first-order chi connectivity index (χ1) is 11.8. The number of rotatable bonds is 6.